The van der Waals surface area contributed by atoms with Gasteiger partial charge in [-0.3, -0.25) is 14.4 Å². The number of carboxylic acid groups (broad SMARTS) is 3. The van der Waals surface area contributed by atoms with E-state index in [2.05, 4.69) is 0 Å². The molecule has 8 nitrogen and oxygen atoms in total. The lowest BCUT2D eigenvalue weighted by atomic mass is 9.79. The molecule has 0 aromatic heterocycles. The van der Waals surface area contributed by atoms with E-state index in [9.17, 15) is 34.2 Å². The quantitative estimate of drug-likeness (QED) is 0.552. The van der Waals surface area contributed by atoms with E-state index in [1.165, 1.54) is 30.3 Å². The molecule has 0 spiro atoms. The third kappa shape index (κ3) is 3.52. The van der Waals surface area contributed by atoms with E-state index < -0.39 is 48.7 Å². The third-order valence-corrected chi connectivity index (χ3v) is 4.36. The fourth-order valence-corrected chi connectivity index (χ4v) is 3.32. The highest BCUT2D eigenvalue weighted by molar-refractivity contribution is 6.29. The maximum atomic E-state index is 12.9. The number of ketones is 2. The van der Waals surface area contributed by atoms with Crippen molar-refractivity contribution in [1.82, 2.24) is 0 Å². The Morgan fingerprint density at radius 1 is 0.750 bits per heavy atom. The van der Waals surface area contributed by atoms with Crippen LogP contribution >= 0.6 is 0 Å². The van der Waals surface area contributed by atoms with E-state index in [0.717, 1.165) is 0 Å². The fourth-order valence-electron chi connectivity index (χ4n) is 3.32. The number of carboxylic acids is 3. The molecule has 0 amide bonds. The van der Waals surface area contributed by atoms with Gasteiger partial charge in [-0.15, -0.1) is 0 Å². The van der Waals surface area contributed by atoms with E-state index in [1.807, 2.05) is 0 Å². The summed E-state index contributed by atoms with van der Waals surface area (Å²) in [7, 11) is 0. The first kappa shape index (κ1) is 19.0. The predicted octanol–water partition coefficient (Wildman–Crippen LogP) is -1.33. The highest BCUT2D eigenvalue weighted by Gasteiger charge is 2.32. The van der Waals surface area contributed by atoms with Gasteiger partial charge in [-0.1, -0.05) is 18.2 Å². The van der Waals surface area contributed by atoms with Crippen LogP contribution in [0.15, 0.2) is 30.3 Å². The number of fused-ring (bicyclic) bond motifs is 2. The van der Waals surface area contributed by atoms with Gasteiger partial charge in [0, 0.05) is 47.0 Å². The summed E-state index contributed by atoms with van der Waals surface area (Å²) < 4.78 is 0. The molecular formula is C20H12O8-2. The summed E-state index contributed by atoms with van der Waals surface area (Å²) in [5.41, 5.74) is 0.226. The number of aliphatic carboxylic acids is 3. The summed E-state index contributed by atoms with van der Waals surface area (Å²) >= 11 is 0. The molecule has 8 heteroatoms. The van der Waals surface area contributed by atoms with Crippen LogP contribution in [0.1, 0.15) is 48.5 Å². The van der Waals surface area contributed by atoms with Crippen molar-refractivity contribution >= 4 is 29.5 Å². The summed E-state index contributed by atoms with van der Waals surface area (Å²) in [4.78, 5) is 58.8. The van der Waals surface area contributed by atoms with Crippen molar-refractivity contribution < 1.29 is 39.3 Å². The van der Waals surface area contributed by atoms with Gasteiger partial charge in [0.1, 0.15) is 0 Å². The molecule has 2 aromatic carbocycles. The minimum Gasteiger partial charge on any atom is -0.550 e. The van der Waals surface area contributed by atoms with Crippen LogP contribution in [0, 0.1) is 0 Å². The zero-order valence-electron chi connectivity index (χ0n) is 14.3. The molecule has 1 aliphatic carbocycles. The fraction of sp³-hybridized carbons (Fsp3) is 0.150. The standard InChI is InChI=1S/C20H14O8/c21-15(22)6-9-1-2-12-13(4-9)19(27)14-5-10(7-16(23)24)3-11(8-17(25)26)18(14)20(12)28/h1-5H,6-8H2,(H,21,22)(H,23,24)(H,25,26)/p-2. The summed E-state index contributed by atoms with van der Waals surface area (Å²) in [6.45, 7) is 0. The van der Waals surface area contributed by atoms with Crippen molar-refractivity contribution in [3.63, 3.8) is 0 Å². The molecule has 0 fully saturated rings. The minimum absolute atomic E-state index is 0.0249. The highest BCUT2D eigenvalue weighted by Crippen LogP contribution is 2.32. The number of rotatable bonds is 6. The first-order chi connectivity index (χ1) is 13.2. The third-order valence-electron chi connectivity index (χ3n) is 4.36. The molecule has 0 unspecified atom stereocenters. The Morgan fingerprint density at radius 2 is 1.36 bits per heavy atom. The molecule has 0 atom stereocenters. The normalized spacial score (nSPS) is 12.3. The van der Waals surface area contributed by atoms with Crippen LogP contribution in [-0.2, 0) is 33.6 Å². The molecule has 3 rings (SSSR count). The number of hydrogen-bond acceptors (Lipinski definition) is 7. The Kier molecular flexibility index (Phi) is 4.79. The van der Waals surface area contributed by atoms with E-state index in [1.54, 1.807) is 0 Å². The van der Waals surface area contributed by atoms with Gasteiger partial charge in [0.2, 0.25) is 0 Å². The SMILES string of the molecule is O=C([O-])Cc1ccc2c(c1)C(=O)c1cc(CC(=O)[O-])cc(CC(=O)O)c1C2=O. The second-order valence-corrected chi connectivity index (χ2v) is 6.38. The Morgan fingerprint density at radius 3 is 1.96 bits per heavy atom. The number of hydrogen-bond donors (Lipinski definition) is 1. The zero-order chi connectivity index (χ0) is 20.6. The van der Waals surface area contributed by atoms with Crippen LogP contribution in [0.3, 0.4) is 0 Å². The van der Waals surface area contributed by atoms with Crippen LogP contribution in [0.2, 0.25) is 0 Å². The van der Waals surface area contributed by atoms with Crippen molar-refractivity contribution in [2.45, 2.75) is 19.3 Å². The first-order valence-corrected chi connectivity index (χ1v) is 8.17. The number of carbonyl (C=O) groups excluding carboxylic acids is 4. The predicted molar refractivity (Wildman–Crippen MR) is 88.5 cm³/mol. The van der Waals surface area contributed by atoms with Gasteiger partial charge in [-0.05, 0) is 28.8 Å². The van der Waals surface area contributed by atoms with E-state index in [4.69, 9.17) is 5.11 Å². The highest BCUT2D eigenvalue weighted by atomic mass is 16.4. The molecule has 1 aliphatic rings. The van der Waals surface area contributed by atoms with Gasteiger partial charge in [0.15, 0.2) is 11.6 Å². The molecule has 2 aromatic rings. The van der Waals surface area contributed by atoms with Crippen LogP contribution < -0.4 is 10.2 Å². The van der Waals surface area contributed by atoms with Gasteiger partial charge in [-0.2, -0.15) is 0 Å². The second kappa shape index (κ2) is 7.07. The van der Waals surface area contributed by atoms with Crippen LogP contribution in [0.5, 0.6) is 0 Å². The first-order valence-electron chi connectivity index (χ1n) is 8.17. The van der Waals surface area contributed by atoms with Crippen molar-refractivity contribution in [1.29, 1.82) is 0 Å². The van der Waals surface area contributed by atoms with Crippen molar-refractivity contribution in [2.75, 3.05) is 0 Å². The minimum atomic E-state index is -1.42. The Bertz CT molecular complexity index is 1060. The van der Waals surface area contributed by atoms with Gasteiger partial charge >= 0.3 is 5.97 Å². The van der Waals surface area contributed by atoms with E-state index in [-0.39, 0.29) is 38.9 Å². The van der Waals surface area contributed by atoms with Gasteiger partial charge in [0.25, 0.3) is 0 Å². The Labute approximate surface area is 158 Å². The van der Waals surface area contributed by atoms with Crippen LogP contribution in [-0.4, -0.2) is 34.6 Å². The average Bonchev–Trinajstić information content (AvgIpc) is 2.57. The molecular weight excluding hydrogens is 368 g/mol. The zero-order valence-corrected chi connectivity index (χ0v) is 14.3. The van der Waals surface area contributed by atoms with E-state index in [0.29, 0.717) is 0 Å². The summed E-state index contributed by atoms with van der Waals surface area (Å²) in [6.07, 6.45) is -1.57. The Balaban J connectivity index is 2.19. The average molecular weight is 380 g/mol. The van der Waals surface area contributed by atoms with Gasteiger partial charge in [0.05, 0.1) is 6.42 Å². The second-order valence-electron chi connectivity index (χ2n) is 6.38. The maximum absolute atomic E-state index is 12.9. The lowest BCUT2D eigenvalue weighted by Gasteiger charge is -2.22. The molecule has 0 saturated heterocycles. The van der Waals surface area contributed by atoms with Gasteiger partial charge in [-0.25, -0.2) is 0 Å². The molecule has 0 bridgehead atoms. The number of benzene rings is 2. The number of carbonyl (C=O) groups is 5. The van der Waals surface area contributed by atoms with Crippen molar-refractivity contribution in [2.24, 2.45) is 0 Å². The van der Waals surface area contributed by atoms with E-state index >= 15 is 0 Å². The molecule has 1 N–H and O–H groups in total. The molecule has 28 heavy (non-hydrogen) atoms. The smallest absolute Gasteiger partial charge is 0.307 e. The monoisotopic (exact) mass is 380 g/mol. The summed E-state index contributed by atoms with van der Waals surface area (Å²) in [6, 6.07) is 6.47. The molecule has 142 valence electrons. The lowest BCUT2D eigenvalue weighted by molar-refractivity contribution is -0.306. The molecule has 0 saturated carbocycles. The maximum Gasteiger partial charge on any atom is 0.307 e. The summed E-state index contributed by atoms with van der Waals surface area (Å²) in [5.74, 6) is -5.22. The van der Waals surface area contributed by atoms with Crippen molar-refractivity contribution in [3.8, 4) is 0 Å². The van der Waals surface area contributed by atoms with Gasteiger partial charge < -0.3 is 24.9 Å². The lowest BCUT2D eigenvalue weighted by Crippen LogP contribution is -2.27. The largest absolute Gasteiger partial charge is 0.550 e. The summed E-state index contributed by atoms with van der Waals surface area (Å²) in [5, 5.41) is 30.8. The molecule has 0 radical (unpaired) electrons. The molecule has 0 aliphatic heterocycles. The van der Waals surface area contributed by atoms with Crippen molar-refractivity contribution in [3.05, 3.63) is 69.3 Å². The van der Waals surface area contributed by atoms with Crippen LogP contribution in [0.25, 0.3) is 0 Å². The Hall–Kier alpha value is -3.81. The van der Waals surface area contributed by atoms with Crippen LogP contribution in [0.4, 0.5) is 0 Å². The topological polar surface area (TPSA) is 152 Å². The molecule has 0 heterocycles.